The summed E-state index contributed by atoms with van der Waals surface area (Å²) in [5, 5.41) is 0.193. The SMILES string of the molecule is CCOC(=O)CN(C)C(=O)c1cccc(N)c1Cl. The Hall–Kier alpha value is -1.75. The molecule has 0 heterocycles. The van der Waals surface area contributed by atoms with Crippen molar-refractivity contribution in [3.63, 3.8) is 0 Å². The molecule has 0 aliphatic heterocycles. The summed E-state index contributed by atoms with van der Waals surface area (Å²) >= 11 is 5.94. The first kappa shape index (κ1) is 14.3. The number of likely N-dealkylation sites (N-methyl/N-ethyl adjacent to an activating group) is 1. The lowest BCUT2D eigenvalue weighted by atomic mass is 10.2. The van der Waals surface area contributed by atoms with E-state index in [4.69, 9.17) is 22.1 Å². The molecular formula is C12H15ClN2O3. The van der Waals surface area contributed by atoms with E-state index in [0.29, 0.717) is 5.69 Å². The van der Waals surface area contributed by atoms with E-state index in [1.807, 2.05) is 0 Å². The standard InChI is InChI=1S/C12H15ClN2O3/c1-3-18-10(16)7-15(2)12(17)8-5-4-6-9(14)11(8)13/h4-6H,3,7,14H2,1-2H3. The van der Waals surface area contributed by atoms with Crippen molar-refractivity contribution in [1.82, 2.24) is 4.90 Å². The van der Waals surface area contributed by atoms with Crippen molar-refractivity contribution >= 4 is 29.2 Å². The number of hydrogen-bond acceptors (Lipinski definition) is 4. The van der Waals surface area contributed by atoms with Gasteiger partial charge < -0.3 is 15.4 Å². The van der Waals surface area contributed by atoms with Crippen molar-refractivity contribution in [1.29, 1.82) is 0 Å². The number of carbonyl (C=O) groups is 2. The molecule has 0 saturated carbocycles. The Labute approximate surface area is 110 Å². The minimum absolute atomic E-state index is 0.127. The number of benzene rings is 1. The summed E-state index contributed by atoms with van der Waals surface area (Å²) in [5.74, 6) is -0.839. The smallest absolute Gasteiger partial charge is 0.325 e. The lowest BCUT2D eigenvalue weighted by Crippen LogP contribution is -2.33. The topological polar surface area (TPSA) is 72.6 Å². The Balaban J connectivity index is 2.81. The largest absolute Gasteiger partial charge is 0.465 e. The highest BCUT2D eigenvalue weighted by molar-refractivity contribution is 6.36. The van der Waals surface area contributed by atoms with Crippen LogP contribution in [0.15, 0.2) is 18.2 Å². The predicted octanol–water partition coefficient (Wildman–Crippen LogP) is 1.56. The molecule has 5 nitrogen and oxygen atoms in total. The molecule has 0 fully saturated rings. The number of rotatable bonds is 4. The van der Waals surface area contributed by atoms with Crippen LogP contribution in [0.2, 0.25) is 5.02 Å². The van der Waals surface area contributed by atoms with Crippen LogP contribution in [0.4, 0.5) is 5.69 Å². The van der Waals surface area contributed by atoms with Gasteiger partial charge in [0.15, 0.2) is 0 Å². The van der Waals surface area contributed by atoms with Crippen molar-refractivity contribution in [2.24, 2.45) is 0 Å². The summed E-state index contributed by atoms with van der Waals surface area (Å²) in [6.07, 6.45) is 0. The van der Waals surface area contributed by atoms with Crippen molar-refractivity contribution in [2.45, 2.75) is 6.92 Å². The number of esters is 1. The van der Waals surface area contributed by atoms with Gasteiger partial charge in [0, 0.05) is 7.05 Å². The molecule has 0 aromatic heterocycles. The third-order valence-electron chi connectivity index (χ3n) is 2.28. The van der Waals surface area contributed by atoms with Crippen LogP contribution in [0.25, 0.3) is 0 Å². The number of hydrogen-bond donors (Lipinski definition) is 1. The van der Waals surface area contributed by atoms with Crippen LogP contribution < -0.4 is 5.73 Å². The second kappa shape index (κ2) is 6.26. The van der Waals surface area contributed by atoms with Gasteiger partial charge in [-0.1, -0.05) is 17.7 Å². The second-order valence-electron chi connectivity index (χ2n) is 3.68. The van der Waals surface area contributed by atoms with Crippen LogP contribution in [0.5, 0.6) is 0 Å². The minimum Gasteiger partial charge on any atom is -0.465 e. The number of halogens is 1. The third-order valence-corrected chi connectivity index (χ3v) is 2.70. The van der Waals surface area contributed by atoms with E-state index < -0.39 is 5.97 Å². The van der Waals surface area contributed by atoms with Crippen LogP contribution in [0.1, 0.15) is 17.3 Å². The summed E-state index contributed by atoms with van der Waals surface area (Å²) in [4.78, 5) is 24.5. The average molecular weight is 271 g/mol. The van der Waals surface area contributed by atoms with Crippen molar-refractivity contribution in [3.05, 3.63) is 28.8 Å². The van der Waals surface area contributed by atoms with E-state index >= 15 is 0 Å². The molecule has 0 aliphatic rings. The van der Waals surface area contributed by atoms with E-state index in [0.717, 1.165) is 0 Å². The van der Waals surface area contributed by atoms with Crippen LogP contribution in [0, 0.1) is 0 Å². The van der Waals surface area contributed by atoms with Gasteiger partial charge in [-0.2, -0.15) is 0 Å². The summed E-state index contributed by atoms with van der Waals surface area (Å²) in [6.45, 7) is 1.85. The van der Waals surface area contributed by atoms with E-state index in [1.165, 1.54) is 11.9 Å². The van der Waals surface area contributed by atoms with E-state index in [9.17, 15) is 9.59 Å². The van der Waals surface area contributed by atoms with Crippen LogP contribution >= 0.6 is 11.6 Å². The van der Waals surface area contributed by atoms with Crippen LogP contribution in [-0.2, 0) is 9.53 Å². The molecule has 98 valence electrons. The lowest BCUT2D eigenvalue weighted by molar-refractivity contribution is -0.143. The summed E-state index contributed by atoms with van der Waals surface area (Å²) in [7, 11) is 1.50. The Kier molecular flexibility index (Phi) is 4.97. The predicted molar refractivity (Wildman–Crippen MR) is 69.5 cm³/mol. The van der Waals surface area contributed by atoms with Crippen molar-refractivity contribution in [3.8, 4) is 0 Å². The monoisotopic (exact) mass is 270 g/mol. The maximum atomic E-state index is 12.0. The molecule has 1 aromatic rings. The van der Waals surface area contributed by atoms with Gasteiger partial charge in [-0.3, -0.25) is 9.59 Å². The molecule has 0 aliphatic carbocycles. The van der Waals surface area contributed by atoms with Gasteiger partial charge >= 0.3 is 5.97 Å². The summed E-state index contributed by atoms with van der Waals surface area (Å²) in [5.41, 5.74) is 6.21. The molecule has 0 unspecified atom stereocenters. The second-order valence-corrected chi connectivity index (χ2v) is 4.05. The maximum absolute atomic E-state index is 12.0. The highest BCUT2D eigenvalue weighted by atomic mass is 35.5. The molecule has 0 spiro atoms. The number of carbonyl (C=O) groups excluding carboxylic acids is 2. The normalized spacial score (nSPS) is 9.94. The van der Waals surface area contributed by atoms with Gasteiger partial charge in [0.25, 0.3) is 5.91 Å². The zero-order valence-corrected chi connectivity index (χ0v) is 11.0. The lowest BCUT2D eigenvalue weighted by Gasteiger charge is -2.17. The van der Waals surface area contributed by atoms with E-state index in [-0.39, 0.29) is 29.6 Å². The van der Waals surface area contributed by atoms with Crippen molar-refractivity contribution in [2.75, 3.05) is 25.9 Å². The summed E-state index contributed by atoms with van der Waals surface area (Å²) in [6, 6.07) is 4.79. The minimum atomic E-state index is -0.464. The van der Waals surface area contributed by atoms with Gasteiger partial charge in [-0.15, -0.1) is 0 Å². The van der Waals surface area contributed by atoms with Gasteiger partial charge in [-0.05, 0) is 19.1 Å². The highest BCUT2D eigenvalue weighted by Gasteiger charge is 2.18. The molecule has 1 aromatic carbocycles. The van der Waals surface area contributed by atoms with Crippen LogP contribution in [0.3, 0.4) is 0 Å². The zero-order chi connectivity index (χ0) is 13.7. The number of anilines is 1. The molecule has 0 atom stereocenters. The van der Waals surface area contributed by atoms with Gasteiger partial charge in [-0.25, -0.2) is 0 Å². The number of amides is 1. The molecular weight excluding hydrogens is 256 g/mol. The third kappa shape index (κ3) is 3.37. The maximum Gasteiger partial charge on any atom is 0.325 e. The fraction of sp³-hybridized carbons (Fsp3) is 0.333. The molecule has 0 saturated heterocycles. The molecule has 0 radical (unpaired) electrons. The number of ether oxygens (including phenoxy) is 1. The van der Waals surface area contributed by atoms with Crippen molar-refractivity contribution < 1.29 is 14.3 Å². The Morgan fingerprint density at radius 3 is 2.72 bits per heavy atom. The van der Waals surface area contributed by atoms with Gasteiger partial charge in [0.1, 0.15) is 6.54 Å². The molecule has 18 heavy (non-hydrogen) atoms. The number of nitrogen functional groups attached to an aromatic ring is 1. The highest BCUT2D eigenvalue weighted by Crippen LogP contribution is 2.23. The quantitative estimate of drug-likeness (QED) is 0.666. The zero-order valence-electron chi connectivity index (χ0n) is 10.3. The number of nitrogens with two attached hydrogens (primary N) is 1. The molecule has 1 rings (SSSR count). The van der Waals surface area contributed by atoms with Crippen LogP contribution in [-0.4, -0.2) is 37.0 Å². The van der Waals surface area contributed by atoms with E-state index in [2.05, 4.69) is 0 Å². The molecule has 0 bridgehead atoms. The summed E-state index contributed by atoms with van der Waals surface area (Å²) < 4.78 is 4.76. The molecule has 1 amide bonds. The average Bonchev–Trinajstić information content (AvgIpc) is 2.32. The Morgan fingerprint density at radius 1 is 1.44 bits per heavy atom. The molecule has 6 heteroatoms. The fourth-order valence-corrected chi connectivity index (χ4v) is 1.60. The Bertz CT molecular complexity index is 463. The van der Waals surface area contributed by atoms with Gasteiger partial charge in [0.2, 0.25) is 0 Å². The van der Waals surface area contributed by atoms with E-state index in [1.54, 1.807) is 25.1 Å². The first-order chi connectivity index (χ1) is 8.47. The van der Waals surface area contributed by atoms with Gasteiger partial charge in [0.05, 0.1) is 22.9 Å². The number of nitrogens with zero attached hydrogens (tertiary/aromatic N) is 1. The fourth-order valence-electron chi connectivity index (χ4n) is 1.39. The first-order valence-electron chi connectivity index (χ1n) is 5.42. The first-order valence-corrected chi connectivity index (χ1v) is 5.80. The molecule has 2 N–H and O–H groups in total. The Morgan fingerprint density at radius 2 is 2.11 bits per heavy atom.